The Kier molecular flexibility index (Phi) is 8.79. The molecule has 0 aliphatic carbocycles. The van der Waals surface area contributed by atoms with Crippen molar-refractivity contribution in [2.24, 2.45) is 11.7 Å². The molecule has 0 aliphatic rings. The predicted octanol–water partition coefficient (Wildman–Crippen LogP) is 5.01. The van der Waals surface area contributed by atoms with E-state index < -0.39 is 41.1 Å². The number of rotatable bonds is 10. The number of carbonyl (C=O) groups excluding carboxylic acids is 2. The van der Waals surface area contributed by atoms with E-state index in [0.717, 1.165) is 6.07 Å². The van der Waals surface area contributed by atoms with Crippen LogP contribution >= 0.6 is 0 Å². The third-order valence-corrected chi connectivity index (χ3v) is 6.20. The van der Waals surface area contributed by atoms with E-state index in [-0.39, 0.29) is 23.6 Å². The van der Waals surface area contributed by atoms with Crippen LogP contribution in [0.3, 0.4) is 0 Å². The van der Waals surface area contributed by atoms with Crippen LogP contribution in [0.25, 0.3) is 5.69 Å². The minimum Gasteiger partial charge on any atom is -0.460 e. The number of anilines is 3. The minimum absolute atomic E-state index is 0.0162. The second-order valence-electron chi connectivity index (χ2n) is 10.8. The quantitative estimate of drug-likeness (QED) is 0.221. The highest BCUT2D eigenvalue weighted by molar-refractivity contribution is 5.98. The van der Waals surface area contributed by atoms with Gasteiger partial charge >= 0.3 is 5.97 Å². The van der Waals surface area contributed by atoms with Crippen LogP contribution < -0.4 is 16.4 Å². The molecule has 4 N–H and O–H groups in total. The van der Waals surface area contributed by atoms with Crippen molar-refractivity contribution in [3.05, 3.63) is 83.4 Å². The SMILES string of the molecule is Cc1ncc(Nc2nc(N[C@H](c3ccc(F)cc3)[C@H](C)CC(=O)OC(C)(C)C)c(F)cc2C(N)=O)cc1-n1nccn1. The number of hydrogen-bond acceptors (Lipinski definition) is 9. The monoisotopic (exact) mass is 578 g/mol. The molecule has 4 aromatic rings. The van der Waals surface area contributed by atoms with Gasteiger partial charge in [-0.15, -0.1) is 4.80 Å². The number of esters is 1. The van der Waals surface area contributed by atoms with Crippen LogP contribution in [0.5, 0.6) is 0 Å². The van der Waals surface area contributed by atoms with E-state index >= 15 is 4.39 Å². The lowest BCUT2D eigenvalue weighted by Gasteiger charge is -2.28. The van der Waals surface area contributed by atoms with E-state index in [9.17, 15) is 14.0 Å². The Labute approximate surface area is 241 Å². The number of benzene rings is 1. The minimum atomic E-state index is -0.905. The van der Waals surface area contributed by atoms with E-state index in [4.69, 9.17) is 10.5 Å². The zero-order valence-corrected chi connectivity index (χ0v) is 23.9. The highest BCUT2D eigenvalue weighted by atomic mass is 19.1. The second-order valence-corrected chi connectivity index (χ2v) is 10.8. The summed E-state index contributed by atoms with van der Waals surface area (Å²) < 4.78 is 34.6. The first kappa shape index (κ1) is 30.0. The number of amides is 1. The number of nitrogens with one attached hydrogen (secondary N) is 2. The number of primary amides is 1. The molecule has 42 heavy (non-hydrogen) atoms. The average Bonchev–Trinajstić information content (AvgIpc) is 3.44. The molecule has 2 atom stereocenters. The number of pyridine rings is 2. The highest BCUT2D eigenvalue weighted by Crippen LogP contribution is 2.32. The van der Waals surface area contributed by atoms with Crippen molar-refractivity contribution in [2.75, 3.05) is 10.6 Å². The number of ether oxygens (including phenoxy) is 1. The van der Waals surface area contributed by atoms with Gasteiger partial charge in [-0.1, -0.05) is 19.1 Å². The number of carbonyl (C=O) groups is 2. The molecule has 3 aromatic heterocycles. The molecule has 0 radical (unpaired) electrons. The van der Waals surface area contributed by atoms with E-state index in [1.807, 2.05) is 0 Å². The van der Waals surface area contributed by atoms with Crippen LogP contribution in [0.4, 0.5) is 26.1 Å². The number of hydrogen-bond donors (Lipinski definition) is 3. The second kappa shape index (κ2) is 12.3. The Balaban J connectivity index is 1.69. The van der Waals surface area contributed by atoms with Crippen molar-refractivity contribution in [3.63, 3.8) is 0 Å². The molecule has 1 aromatic carbocycles. The Morgan fingerprint density at radius 3 is 2.36 bits per heavy atom. The van der Waals surface area contributed by atoms with Crippen molar-refractivity contribution < 1.29 is 23.1 Å². The fourth-order valence-electron chi connectivity index (χ4n) is 4.28. The predicted molar refractivity (Wildman–Crippen MR) is 152 cm³/mol. The maximum Gasteiger partial charge on any atom is 0.306 e. The molecule has 0 saturated heterocycles. The van der Waals surface area contributed by atoms with Gasteiger partial charge in [0.2, 0.25) is 0 Å². The molecule has 11 nitrogen and oxygen atoms in total. The van der Waals surface area contributed by atoms with E-state index in [1.54, 1.807) is 40.7 Å². The van der Waals surface area contributed by atoms with Gasteiger partial charge in [0.15, 0.2) is 11.6 Å². The van der Waals surface area contributed by atoms with Gasteiger partial charge in [-0.25, -0.2) is 13.8 Å². The summed E-state index contributed by atoms with van der Waals surface area (Å²) in [7, 11) is 0. The molecule has 0 unspecified atom stereocenters. The van der Waals surface area contributed by atoms with E-state index in [0.29, 0.717) is 22.6 Å². The molecule has 3 heterocycles. The zero-order valence-electron chi connectivity index (χ0n) is 23.9. The van der Waals surface area contributed by atoms with Gasteiger partial charge in [0.25, 0.3) is 5.91 Å². The summed E-state index contributed by atoms with van der Waals surface area (Å²) in [5, 5.41) is 14.3. The topological polar surface area (TPSA) is 150 Å². The number of nitrogens with zero attached hydrogens (tertiary/aromatic N) is 5. The Morgan fingerprint density at radius 2 is 1.74 bits per heavy atom. The van der Waals surface area contributed by atoms with E-state index in [1.165, 1.54) is 47.7 Å². The summed E-state index contributed by atoms with van der Waals surface area (Å²) in [6, 6.07) is 7.59. The van der Waals surface area contributed by atoms with E-state index in [2.05, 4.69) is 30.8 Å². The lowest BCUT2D eigenvalue weighted by Crippen LogP contribution is -2.28. The first-order chi connectivity index (χ1) is 19.8. The standard InChI is InChI=1S/C29H32F2N8O3/c1-16(12-24(40)42-29(3,4)5)25(18-6-8-19(30)9-7-18)37-28-22(31)14-21(26(32)41)27(38-28)36-20-13-23(17(2)33-15-20)39-34-10-11-35-39/h6-11,13-16,25H,12H2,1-5H3,(H2,32,41)(H2,36,37,38)/t16-,25+/m1/s1. The molecule has 13 heteroatoms. The smallest absolute Gasteiger partial charge is 0.306 e. The molecule has 0 aliphatic heterocycles. The fourth-order valence-corrected chi connectivity index (χ4v) is 4.28. The summed E-state index contributed by atoms with van der Waals surface area (Å²) in [6.45, 7) is 8.85. The summed E-state index contributed by atoms with van der Waals surface area (Å²) in [6.07, 6.45) is 4.53. The van der Waals surface area contributed by atoms with Gasteiger partial charge in [0, 0.05) is 0 Å². The molecule has 1 amide bonds. The molecular weight excluding hydrogens is 546 g/mol. The Hall–Kier alpha value is -4.94. The number of nitrogens with two attached hydrogens (primary N) is 1. The van der Waals surface area contributed by atoms with Gasteiger partial charge in [0.1, 0.15) is 22.9 Å². The maximum absolute atomic E-state index is 15.4. The maximum atomic E-state index is 15.4. The molecule has 0 fully saturated rings. The normalized spacial score (nSPS) is 12.8. The zero-order chi connectivity index (χ0) is 30.6. The first-order valence-corrected chi connectivity index (χ1v) is 13.2. The third kappa shape index (κ3) is 7.42. The molecule has 4 rings (SSSR count). The summed E-state index contributed by atoms with van der Waals surface area (Å²) in [5.41, 5.74) is 6.87. The van der Waals surface area contributed by atoms with Crippen molar-refractivity contribution in [1.82, 2.24) is 25.0 Å². The van der Waals surface area contributed by atoms with Crippen molar-refractivity contribution in [3.8, 4) is 5.69 Å². The van der Waals surface area contributed by atoms with Gasteiger partial charge in [-0.2, -0.15) is 10.2 Å². The van der Waals surface area contributed by atoms with Crippen LogP contribution in [0.2, 0.25) is 0 Å². The van der Waals surface area contributed by atoms with Crippen LogP contribution in [0.1, 0.15) is 61.8 Å². The van der Waals surface area contributed by atoms with Crippen molar-refractivity contribution in [2.45, 2.75) is 52.7 Å². The Morgan fingerprint density at radius 1 is 1.07 bits per heavy atom. The Bertz CT molecular complexity index is 1570. The number of halogens is 2. The summed E-state index contributed by atoms with van der Waals surface area (Å²) >= 11 is 0. The number of aromatic nitrogens is 5. The van der Waals surface area contributed by atoms with Crippen LogP contribution in [0.15, 0.2) is 55.0 Å². The first-order valence-electron chi connectivity index (χ1n) is 13.2. The third-order valence-electron chi connectivity index (χ3n) is 6.20. The summed E-state index contributed by atoms with van der Waals surface area (Å²) in [5.74, 6) is -3.35. The average molecular weight is 579 g/mol. The van der Waals surface area contributed by atoms with Crippen molar-refractivity contribution >= 4 is 29.2 Å². The highest BCUT2D eigenvalue weighted by Gasteiger charge is 2.27. The van der Waals surface area contributed by atoms with Crippen LogP contribution in [-0.2, 0) is 9.53 Å². The van der Waals surface area contributed by atoms with Gasteiger partial charge in [0.05, 0.1) is 48.0 Å². The fraction of sp³-hybridized carbons (Fsp3) is 0.310. The largest absolute Gasteiger partial charge is 0.460 e. The van der Waals surface area contributed by atoms with Crippen LogP contribution in [0, 0.1) is 24.5 Å². The molecule has 0 saturated carbocycles. The van der Waals surface area contributed by atoms with Crippen LogP contribution in [-0.4, -0.2) is 42.4 Å². The molecule has 0 bridgehead atoms. The van der Waals surface area contributed by atoms with Gasteiger partial charge in [-0.05, 0) is 63.4 Å². The number of aryl methyl sites for hydroxylation is 1. The summed E-state index contributed by atoms with van der Waals surface area (Å²) in [4.78, 5) is 34.9. The molecule has 0 spiro atoms. The molecular formula is C29H32F2N8O3. The van der Waals surface area contributed by atoms with Crippen molar-refractivity contribution in [1.29, 1.82) is 0 Å². The van der Waals surface area contributed by atoms with Gasteiger partial charge in [-0.3, -0.25) is 14.6 Å². The lowest BCUT2D eigenvalue weighted by atomic mass is 9.91. The van der Waals surface area contributed by atoms with Gasteiger partial charge < -0.3 is 21.1 Å². The lowest BCUT2D eigenvalue weighted by molar-refractivity contribution is -0.155. The molecule has 220 valence electrons.